The monoisotopic (exact) mass is 341 g/mol. The molecule has 0 atom stereocenters. The second-order valence-corrected chi connectivity index (χ2v) is 5.13. The first-order valence-corrected chi connectivity index (χ1v) is 7.57. The molecule has 7 heteroatoms. The predicted octanol–water partition coefficient (Wildman–Crippen LogP) is 2.46. The standard InChI is InChI=1S/C18H15NO6/c1-3-24-14-9-8-11(10-15(14)23-2)18(22)25-19-16(20)12-6-4-5-7-13(12)17(19)21/h4-10H,3H2,1-2H3. The van der Waals surface area contributed by atoms with Crippen molar-refractivity contribution in [3.05, 3.63) is 59.2 Å². The van der Waals surface area contributed by atoms with E-state index in [-0.39, 0.29) is 16.7 Å². The number of fused-ring (bicyclic) bond motifs is 1. The van der Waals surface area contributed by atoms with Crippen LogP contribution in [0.1, 0.15) is 38.0 Å². The minimum absolute atomic E-state index is 0.122. The highest BCUT2D eigenvalue weighted by Gasteiger charge is 2.38. The Balaban J connectivity index is 1.82. The maximum Gasteiger partial charge on any atom is 0.364 e. The van der Waals surface area contributed by atoms with E-state index in [0.29, 0.717) is 23.2 Å². The van der Waals surface area contributed by atoms with Gasteiger partial charge in [0.05, 0.1) is 30.4 Å². The number of carbonyl (C=O) groups excluding carboxylic acids is 3. The fraction of sp³-hybridized carbons (Fsp3) is 0.167. The van der Waals surface area contributed by atoms with Crippen molar-refractivity contribution < 1.29 is 28.7 Å². The summed E-state index contributed by atoms with van der Waals surface area (Å²) in [7, 11) is 1.44. The molecule has 0 aliphatic carbocycles. The van der Waals surface area contributed by atoms with Crippen molar-refractivity contribution in [1.29, 1.82) is 0 Å². The molecule has 3 rings (SSSR count). The smallest absolute Gasteiger partial charge is 0.364 e. The van der Waals surface area contributed by atoms with Gasteiger partial charge in [-0.05, 0) is 37.3 Å². The van der Waals surface area contributed by atoms with Crippen molar-refractivity contribution in [2.24, 2.45) is 0 Å². The van der Waals surface area contributed by atoms with Crippen LogP contribution in [0.5, 0.6) is 11.5 Å². The first kappa shape index (κ1) is 16.5. The maximum atomic E-state index is 12.3. The Morgan fingerprint density at radius 1 is 1.00 bits per heavy atom. The fourth-order valence-electron chi connectivity index (χ4n) is 2.45. The SMILES string of the molecule is CCOc1ccc(C(=O)ON2C(=O)c3ccccc3C2=O)cc1OC. The van der Waals surface area contributed by atoms with Crippen LogP contribution in [0.2, 0.25) is 0 Å². The molecule has 25 heavy (non-hydrogen) atoms. The lowest BCUT2D eigenvalue weighted by Gasteiger charge is -2.14. The molecule has 0 spiro atoms. The Bertz CT molecular complexity index is 825. The number of imide groups is 1. The van der Waals surface area contributed by atoms with Gasteiger partial charge >= 0.3 is 5.97 Å². The van der Waals surface area contributed by atoms with E-state index in [0.717, 1.165) is 0 Å². The summed E-state index contributed by atoms with van der Waals surface area (Å²) in [5.74, 6) is -1.38. The van der Waals surface area contributed by atoms with Gasteiger partial charge in [0.1, 0.15) is 0 Å². The van der Waals surface area contributed by atoms with Crippen molar-refractivity contribution in [1.82, 2.24) is 5.06 Å². The van der Waals surface area contributed by atoms with Crippen LogP contribution in [0.4, 0.5) is 0 Å². The number of methoxy groups -OCH3 is 1. The normalized spacial score (nSPS) is 12.8. The molecule has 0 saturated carbocycles. The van der Waals surface area contributed by atoms with Crippen molar-refractivity contribution in [2.75, 3.05) is 13.7 Å². The Kier molecular flexibility index (Phi) is 4.38. The Morgan fingerprint density at radius 2 is 1.64 bits per heavy atom. The van der Waals surface area contributed by atoms with Gasteiger partial charge in [-0.1, -0.05) is 17.2 Å². The largest absolute Gasteiger partial charge is 0.493 e. The van der Waals surface area contributed by atoms with Crippen molar-refractivity contribution >= 4 is 17.8 Å². The van der Waals surface area contributed by atoms with Crippen LogP contribution in [0.25, 0.3) is 0 Å². The summed E-state index contributed by atoms with van der Waals surface area (Å²) < 4.78 is 10.5. The summed E-state index contributed by atoms with van der Waals surface area (Å²) in [4.78, 5) is 41.8. The number of ether oxygens (including phenoxy) is 2. The van der Waals surface area contributed by atoms with Crippen LogP contribution >= 0.6 is 0 Å². The molecule has 1 aliphatic rings. The van der Waals surface area contributed by atoms with E-state index in [1.165, 1.54) is 31.4 Å². The van der Waals surface area contributed by atoms with Gasteiger partial charge in [-0.2, -0.15) is 0 Å². The van der Waals surface area contributed by atoms with Crippen molar-refractivity contribution in [3.63, 3.8) is 0 Å². The van der Waals surface area contributed by atoms with E-state index in [9.17, 15) is 14.4 Å². The Morgan fingerprint density at radius 3 is 2.20 bits per heavy atom. The third-order valence-corrected chi connectivity index (χ3v) is 3.63. The molecule has 7 nitrogen and oxygen atoms in total. The lowest BCUT2D eigenvalue weighted by Crippen LogP contribution is -2.32. The summed E-state index contributed by atoms with van der Waals surface area (Å²) in [6.07, 6.45) is 0. The van der Waals surface area contributed by atoms with Crippen LogP contribution in [-0.4, -0.2) is 36.6 Å². The number of hydrogen-bond donors (Lipinski definition) is 0. The maximum absolute atomic E-state index is 12.3. The molecule has 128 valence electrons. The summed E-state index contributed by atoms with van der Waals surface area (Å²) in [5, 5.41) is 0.468. The molecular formula is C18H15NO6. The van der Waals surface area contributed by atoms with Crippen LogP contribution in [-0.2, 0) is 4.84 Å². The summed E-state index contributed by atoms with van der Waals surface area (Å²) in [6, 6.07) is 10.7. The average Bonchev–Trinajstić information content (AvgIpc) is 2.87. The first-order chi connectivity index (χ1) is 12.1. The zero-order chi connectivity index (χ0) is 18.0. The second-order valence-electron chi connectivity index (χ2n) is 5.13. The van der Waals surface area contributed by atoms with Gasteiger partial charge in [-0.25, -0.2) is 4.79 Å². The zero-order valence-corrected chi connectivity index (χ0v) is 13.6. The van der Waals surface area contributed by atoms with Crippen LogP contribution in [0, 0.1) is 0 Å². The van der Waals surface area contributed by atoms with E-state index in [2.05, 4.69) is 0 Å². The van der Waals surface area contributed by atoms with Crippen LogP contribution < -0.4 is 9.47 Å². The quantitative estimate of drug-likeness (QED) is 0.777. The van der Waals surface area contributed by atoms with E-state index < -0.39 is 17.8 Å². The number of rotatable bonds is 5. The number of amides is 2. The molecule has 0 fully saturated rings. The highest BCUT2D eigenvalue weighted by Crippen LogP contribution is 2.29. The van der Waals surface area contributed by atoms with Gasteiger partial charge in [0.15, 0.2) is 11.5 Å². The average molecular weight is 341 g/mol. The molecule has 0 aromatic heterocycles. The molecule has 0 unspecified atom stereocenters. The van der Waals surface area contributed by atoms with E-state index in [1.807, 2.05) is 6.92 Å². The number of benzene rings is 2. The van der Waals surface area contributed by atoms with Gasteiger partial charge in [0.2, 0.25) is 0 Å². The molecule has 0 N–H and O–H groups in total. The molecular weight excluding hydrogens is 326 g/mol. The fourth-order valence-corrected chi connectivity index (χ4v) is 2.45. The second kappa shape index (κ2) is 6.64. The molecule has 1 aliphatic heterocycles. The molecule has 2 amide bonds. The summed E-state index contributed by atoms with van der Waals surface area (Å²) >= 11 is 0. The molecule has 0 radical (unpaired) electrons. The minimum atomic E-state index is -0.851. The van der Waals surface area contributed by atoms with Gasteiger partial charge in [0.25, 0.3) is 11.8 Å². The number of nitrogens with zero attached hydrogens (tertiary/aromatic N) is 1. The number of carbonyl (C=O) groups is 3. The lowest BCUT2D eigenvalue weighted by molar-refractivity contribution is -0.0584. The highest BCUT2D eigenvalue weighted by molar-refractivity contribution is 6.21. The molecule has 2 aromatic rings. The Hall–Kier alpha value is -3.35. The molecule has 0 bridgehead atoms. The molecule has 0 saturated heterocycles. The summed E-state index contributed by atoms with van der Waals surface area (Å²) in [5.41, 5.74) is 0.519. The minimum Gasteiger partial charge on any atom is -0.493 e. The van der Waals surface area contributed by atoms with Crippen LogP contribution in [0.15, 0.2) is 42.5 Å². The highest BCUT2D eigenvalue weighted by atomic mass is 16.7. The molecule has 2 aromatic carbocycles. The summed E-state index contributed by atoms with van der Waals surface area (Å²) in [6.45, 7) is 2.26. The predicted molar refractivity (Wildman–Crippen MR) is 86.5 cm³/mol. The Labute approximate surface area is 143 Å². The van der Waals surface area contributed by atoms with Gasteiger partial charge in [-0.3, -0.25) is 9.59 Å². The van der Waals surface area contributed by atoms with E-state index >= 15 is 0 Å². The number of hydrogen-bond acceptors (Lipinski definition) is 6. The lowest BCUT2D eigenvalue weighted by atomic mass is 10.1. The van der Waals surface area contributed by atoms with Gasteiger partial charge in [-0.15, -0.1) is 0 Å². The van der Waals surface area contributed by atoms with Crippen molar-refractivity contribution in [2.45, 2.75) is 6.92 Å². The van der Waals surface area contributed by atoms with Crippen molar-refractivity contribution in [3.8, 4) is 11.5 Å². The van der Waals surface area contributed by atoms with E-state index in [1.54, 1.807) is 18.2 Å². The third kappa shape index (κ3) is 2.91. The van der Waals surface area contributed by atoms with Crippen LogP contribution in [0.3, 0.4) is 0 Å². The first-order valence-electron chi connectivity index (χ1n) is 7.57. The number of hydroxylamine groups is 2. The topological polar surface area (TPSA) is 82.1 Å². The van der Waals surface area contributed by atoms with Gasteiger partial charge < -0.3 is 14.3 Å². The third-order valence-electron chi connectivity index (χ3n) is 3.63. The van der Waals surface area contributed by atoms with E-state index in [4.69, 9.17) is 14.3 Å². The zero-order valence-electron chi connectivity index (χ0n) is 13.6. The van der Waals surface area contributed by atoms with Gasteiger partial charge in [0, 0.05) is 0 Å². The molecule has 1 heterocycles.